The molecule has 0 saturated carbocycles. The summed E-state index contributed by atoms with van der Waals surface area (Å²) in [5.41, 5.74) is 0.584. The predicted molar refractivity (Wildman–Crippen MR) is 112 cm³/mol. The van der Waals surface area contributed by atoms with Crippen molar-refractivity contribution in [3.8, 4) is 11.6 Å². The van der Waals surface area contributed by atoms with Gasteiger partial charge in [-0.2, -0.15) is 8.78 Å². The van der Waals surface area contributed by atoms with Crippen LogP contribution in [-0.2, 0) is 5.92 Å². The van der Waals surface area contributed by atoms with Gasteiger partial charge in [0.05, 0.1) is 41.1 Å². The van der Waals surface area contributed by atoms with Gasteiger partial charge < -0.3 is 10.1 Å². The fourth-order valence-electron chi connectivity index (χ4n) is 3.07. The van der Waals surface area contributed by atoms with Crippen molar-refractivity contribution in [3.63, 3.8) is 0 Å². The smallest absolute Gasteiger partial charge is 0.302 e. The van der Waals surface area contributed by atoms with Gasteiger partial charge in [-0.05, 0) is 30.3 Å². The van der Waals surface area contributed by atoms with Crippen LogP contribution in [0, 0.1) is 5.82 Å². The molecular formula is C21H15ClF3N5O2. The molecule has 1 N–H and O–H groups in total. The van der Waals surface area contributed by atoms with Gasteiger partial charge in [0.1, 0.15) is 11.6 Å². The lowest BCUT2D eigenvalue weighted by Gasteiger charge is -2.13. The Hall–Kier alpha value is -3.66. The minimum Gasteiger partial charge on any atom is -0.497 e. The van der Waals surface area contributed by atoms with Gasteiger partial charge in [0.15, 0.2) is 17.5 Å². The Morgan fingerprint density at radius 2 is 1.94 bits per heavy atom. The van der Waals surface area contributed by atoms with Crippen molar-refractivity contribution in [1.82, 2.24) is 19.5 Å². The molecule has 164 valence electrons. The Kier molecular flexibility index (Phi) is 5.47. The van der Waals surface area contributed by atoms with Crippen LogP contribution in [0.15, 0.2) is 48.8 Å². The van der Waals surface area contributed by atoms with Gasteiger partial charge in [-0.15, -0.1) is 0 Å². The number of alkyl halides is 2. The number of rotatable bonds is 5. The summed E-state index contributed by atoms with van der Waals surface area (Å²) in [4.78, 5) is 24.6. The molecule has 4 rings (SSSR count). The average Bonchev–Trinajstić information content (AvgIpc) is 3.15. The molecule has 0 unspecified atom stereocenters. The molecule has 11 heteroatoms. The molecule has 4 aromatic rings. The molecule has 0 atom stereocenters. The molecule has 0 aliphatic carbocycles. The van der Waals surface area contributed by atoms with E-state index >= 15 is 0 Å². The Morgan fingerprint density at radius 3 is 2.59 bits per heavy atom. The number of anilines is 1. The standard InChI is InChI=1S/C21H15ClF3N5O2/c1-21(24,25)20-28-15-8-12(32-2)4-6-16(15)30(20)18-10-26-17(9-27-18)29-19(31)13-7-11(23)3-5-14(13)22/h3-10H,1-2H3,(H,26,29,31). The van der Waals surface area contributed by atoms with E-state index in [2.05, 4.69) is 20.3 Å². The van der Waals surface area contributed by atoms with Crippen molar-refractivity contribution in [2.75, 3.05) is 12.4 Å². The molecular weight excluding hydrogens is 447 g/mol. The molecule has 0 bridgehead atoms. The van der Waals surface area contributed by atoms with Crippen LogP contribution < -0.4 is 10.1 Å². The van der Waals surface area contributed by atoms with Crippen molar-refractivity contribution in [3.05, 3.63) is 71.0 Å². The first-order chi connectivity index (χ1) is 15.2. The van der Waals surface area contributed by atoms with Crippen LogP contribution in [0.25, 0.3) is 16.9 Å². The first-order valence-electron chi connectivity index (χ1n) is 9.21. The van der Waals surface area contributed by atoms with E-state index in [9.17, 15) is 18.0 Å². The number of imidazole rings is 1. The Morgan fingerprint density at radius 1 is 1.16 bits per heavy atom. The molecule has 7 nitrogen and oxygen atoms in total. The second-order valence-corrected chi connectivity index (χ2v) is 7.26. The number of benzene rings is 2. The quantitative estimate of drug-likeness (QED) is 0.453. The van der Waals surface area contributed by atoms with E-state index in [1.165, 1.54) is 36.2 Å². The number of hydrogen-bond donors (Lipinski definition) is 1. The fourth-order valence-corrected chi connectivity index (χ4v) is 3.27. The molecule has 2 heterocycles. The predicted octanol–water partition coefficient (Wildman–Crippen LogP) is 4.98. The van der Waals surface area contributed by atoms with Crippen molar-refractivity contribution >= 4 is 34.4 Å². The topological polar surface area (TPSA) is 81.9 Å². The normalized spacial score (nSPS) is 11.6. The number of aromatic nitrogens is 4. The van der Waals surface area contributed by atoms with E-state index in [1.807, 2.05) is 0 Å². The van der Waals surface area contributed by atoms with E-state index in [0.29, 0.717) is 16.8 Å². The highest BCUT2D eigenvalue weighted by atomic mass is 35.5. The van der Waals surface area contributed by atoms with Crippen LogP contribution in [0.5, 0.6) is 5.75 Å². The van der Waals surface area contributed by atoms with Crippen LogP contribution in [0.4, 0.5) is 19.0 Å². The summed E-state index contributed by atoms with van der Waals surface area (Å²) < 4.78 is 48.3. The Balaban J connectivity index is 1.70. The molecule has 0 radical (unpaired) electrons. The molecule has 2 aromatic carbocycles. The number of carbonyl (C=O) groups excluding carboxylic acids is 1. The summed E-state index contributed by atoms with van der Waals surface area (Å²) in [5.74, 6) is -4.57. The number of fused-ring (bicyclic) bond motifs is 1. The van der Waals surface area contributed by atoms with Crippen LogP contribution >= 0.6 is 11.6 Å². The number of ether oxygens (including phenoxy) is 1. The zero-order valence-corrected chi connectivity index (χ0v) is 17.5. The van der Waals surface area contributed by atoms with Crippen LogP contribution in [0.2, 0.25) is 5.02 Å². The molecule has 0 saturated heterocycles. The first kappa shape index (κ1) is 21.6. The van der Waals surface area contributed by atoms with Gasteiger partial charge in [0, 0.05) is 13.0 Å². The molecule has 0 spiro atoms. The lowest BCUT2D eigenvalue weighted by Crippen LogP contribution is -2.17. The number of carbonyl (C=O) groups is 1. The van der Waals surface area contributed by atoms with Crippen LogP contribution in [-0.4, -0.2) is 32.5 Å². The molecule has 1 amide bonds. The third kappa shape index (κ3) is 4.09. The number of nitrogens with zero attached hydrogens (tertiary/aromatic N) is 4. The summed E-state index contributed by atoms with van der Waals surface area (Å²) in [7, 11) is 1.46. The number of methoxy groups -OCH3 is 1. The minimum absolute atomic E-state index is 0.0231. The van der Waals surface area contributed by atoms with Gasteiger partial charge in [-0.1, -0.05) is 11.6 Å². The van der Waals surface area contributed by atoms with E-state index in [4.69, 9.17) is 16.3 Å². The van der Waals surface area contributed by atoms with Crippen LogP contribution in [0.1, 0.15) is 23.1 Å². The summed E-state index contributed by atoms with van der Waals surface area (Å²) in [6.07, 6.45) is 2.40. The number of nitrogens with one attached hydrogen (secondary N) is 1. The van der Waals surface area contributed by atoms with Gasteiger partial charge in [0.25, 0.3) is 5.91 Å². The summed E-state index contributed by atoms with van der Waals surface area (Å²) in [5, 5.41) is 2.50. The van der Waals surface area contributed by atoms with Crippen LogP contribution in [0.3, 0.4) is 0 Å². The molecule has 2 aromatic heterocycles. The second kappa shape index (κ2) is 8.12. The van der Waals surface area contributed by atoms with Gasteiger partial charge in [-0.3, -0.25) is 9.36 Å². The SMILES string of the molecule is COc1ccc2c(c1)nc(C(C)(F)F)n2-c1cnc(NC(=O)c2cc(F)ccc2Cl)cn1. The number of hydrogen-bond acceptors (Lipinski definition) is 5. The van der Waals surface area contributed by atoms with Gasteiger partial charge in [0.2, 0.25) is 0 Å². The third-order valence-corrected chi connectivity index (χ3v) is 4.87. The lowest BCUT2D eigenvalue weighted by atomic mass is 10.2. The second-order valence-electron chi connectivity index (χ2n) is 6.85. The van der Waals surface area contributed by atoms with Gasteiger partial charge >= 0.3 is 5.92 Å². The molecule has 0 aliphatic heterocycles. The highest BCUT2D eigenvalue weighted by Gasteiger charge is 2.33. The number of halogens is 4. The highest BCUT2D eigenvalue weighted by molar-refractivity contribution is 6.34. The Labute approximate surface area is 184 Å². The van der Waals surface area contributed by atoms with Crippen molar-refractivity contribution in [2.45, 2.75) is 12.8 Å². The molecule has 0 fully saturated rings. The van der Waals surface area contributed by atoms with E-state index < -0.39 is 23.5 Å². The zero-order valence-electron chi connectivity index (χ0n) is 16.7. The third-order valence-electron chi connectivity index (χ3n) is 4.54. The first-order valence-corrected chi connectivity index (χ1v) is 9.59. The maximum absolute atomic E-state index is 14.3. The maximum atomic E-state index is 14.3. The van der Waals surface area contributed by atoms with Crippen molar-refractivity contribution in [2.24, 2.45) is 0 Å². The Bertz CT molecular complexity index is 1320. The van der Waals surface area contributed by atoms with Gasteiger partial charge in [-0.25, -0.2) is 19.3 Å². The largest absolute Gasteiger partial charge is 0.497 e. The molecule has 0 aliphatic rings. The maximum Gasteiger partial charge on any atom is 0.302 e. The minimum atomic E-state index is -3.27. The van der Waals surface area contributed by atoms with E-state index in [-0.39, 0.29) is 22.2 Å². The summed E-state index contributed by atoms with van der Waals surface area (Å²) in [6.45, 7) is 0.729. The fraction of sp³-hybridized carbons (Fsp3) is 0.143. The van der Waals surface area contributed by atoms with Crippen molar-refractivity contribution in [1.29, 1.82) is 0 Å². The van der Waals surface area contributed by atoms with E-state index in [1.54, 1.807) is 12.1 Å². The summed E-state index contributed by atoms with van der Waals surface area (Å²) >= 11 is 5.93. The average molecular weight is 462 g/mol. The number of amides is 1. The van der Waals surface area contributed by atoms with E-state index in [0.717, 1.165) is 19.1 Å². The highest BCUT2D eigenvalue weighted by Crippen LogP contribution is 2.33. The summed E-state index contributed by atoms with van der Waals surface area (Å²) in [6, 6.07) is 8.10. The zero-order chi connectivity index (χ0) is 23.0. The monoisotopic (exact) mass is 461 g/mol. The van der Waals surface area contributed by atoms with Crippen molar-refractivity contribution < 1.29 is 22.7 Å². The lowest BCUT2D eigenvalue weighted by molar-refractivity contribution is 0.00659. The molecule has 32 heavy (non-hydrogen) atoms.